The van der Waals surface area contributed by atoms with Crippen molar-refractivity contribution in [3.05, 3.63) is 0 Å². The van der Waals surface area contributed by atoms with Crippen LogP contribution in [-0.2, 0) is 9.59 Å². The van der Waals surface area contributed by atoms with Crippen molar-refractivity contribution in [3.63, 3.8) is 0 Å². The third kappa shape index (κ3) is 4.35. The van der Waals surface area contributed by atoms with Crippen LogP contribution in [0, 0.1) is 5.41 Å². The van der Waals surface area contributed by atoms with E-state index in [9.17, 15) is 14.7 Å². The molecule has 9 nitrogen and oxygen atoms in total. The van der Waals surface area contributed by atoms with Crippen LogP contribution in [0.4, 0.5) is 0 Å². The van der Waals surface area contributed by atoms with Gasteiger partial charge in [-0.3, -0.25) is 10.2 Å². The fourth-order valence-corrected chi connectivity index (χ4v) is 2.17. The van der Waals surface area contributed by atoms with Gasteiger partial charge in [0.25, 0.3) is 0 Å². The lowest BCUT2D eigenvalue weighted by Crippen LogP contribution is -2.48. The van der Waals surface area contributed by atoms with E-state index in [1.165, 1.54) is 0 Å². The van der Waals surface area contributed by atoms with E-state index in [0.29, 0.717) is 19.4 Å². The summed E-state index contributed by atoms with van der Waals surface area (Å²) in [5.41, 5.74) is 10.9. The maximum atomic E-state index is 12.1. The van der Waals surface area contributed by atoms with Gasteiger partial charge in [0, 0.05) is 19.5 Å². The molecule has 8 N–H and O–H groups in total. The Morgan fingerprint density at radius 3 is 2.70 bits per heavy atom. The zero-order valence-corrected chi connectivity index (χ0v) is 11.1. The number of nitrogens with one attached hydrogen (secondary N) is 2. The number of aliphatic hydroxyl groups is 1. The molecule has 1 aliphatic rings. The van der Waals surface area contributed by atoms with Crippen LogP contribution in [0.1, 0.15) is 19.3 Å². The molecule has 3 unspecified atom stereocenters. The van der Waals surface area contributed by atoms with Gasteiger partial charge in [-0.25, -0.2) is 4.79 Å². The zero-order valence-electron chi connectivity index (χ0n) is 11.1. The van der Waals surface area contributed by atoms with Gasteiger partial charge in [0.1, 0.15) is 6.04 Å². The number of carboxylic acids is 1. The second-order valence-corrected chi connectivity index (χ2v) is 4.82. The molecule has 3 atom stereocenters. The first-order valence-corrected chi connectivity index (χ1v) is 6.37. The highest BCUT2D eigenvalue weighted by Gasteiger charge is 2.40. The number of amides is 1. The summed E-state index contributed by atoms with van der Waals surface area (Å²) in [6, 6.07) is -1.84. The largest absolute Gasteiger partial charge is 0.480 e. The lowest BCUT2D eigenvalue weighted by Gasteiger charge is -2.24. The lowest BCUT2D eigenvalue weighted by molar-refractivity contribution is -0.148. The number of carbonyl (C=O) groups is 2. The number of aliphatic carboxylic acids is 1. The number of carbonyl (C=O) groups excluding carboxylic acids is 1. The summed E-state index contributed by atoms with van der Waals surface area (Å²) in [6.45, 7) is 0.413. The summed E-state index contributed by atoms with van der Waals surface area (Å²) >= 11 is 0. The number of likely N-dealkylation sites (tertiary alicyclic amines) is 1. The lowest BCUT2D eigenvalue weighted by atomic mass is 10.1. The number of β-amino-alcohol motifs (C(OH)–C–C–N with tert-alkyl or cyclic N) is 1. The Morgan fingerprint density at radius 2 is 2.15 bits per heavy atom. The molecular weight excluding hydrogens is 266 g/mol. The Bertz CT molecular complexity index is 389. The highest BCUT2D eigenvalue weighted by atomic mass is 16.4. The Labute approximate surface area is 116 Å². The summed E-state index contributed by atoms with van der Waals surface area (Å²) in [5, 5.41) is 28.0. The third-order valence-corrected chi connectivity index (χ3v) is 3.17. The van der Waals surface area contributed by atoms with Crippen molar-refractivity contribution in [3.8, 4) is 0 Å². The summed E-state index contributed by atoms with van der Waals surface area (Å²) in [6.07, 6.45) is 0.0739. The number of hydrogen-bond donors (Lipinski definition) is 6. The van der Waals surface area contributed by atoms with Crippen molar-refractivity contribution in [2.75, 3.05) is 13.1 Å². The topological polar surface area (TPSA) is 166 Å². The van der Waals surface area contributed by atoms with E-state index in [1.54, 1.807) is 0 Å². The quantitative estimate of drug-likeness (QED) is 0.180. The van der Waals surface area contributed by atoms with E-state index in [1.807, 2.05) is 0 Å². The second-order valence-electron chi connectivity index (χ2n) is 4.82. The van der Waals surface area contributed by atoms with Crippen LogP contribution in [0.3, 0.4) is 0 Å². The van der Waals surface area contributed by atoms with Gasteiger partial charge in [0.15, 0.2) is 5.96 Å². The standard InChI is InChI=1S/C11H21N5O4/c12-7(2-1-3-15-11(13)14)9(18)16-5-6(17)4-8(16)10(19)20/h6-8,17H,1-5,12H2,(H,19,20)(H4,13,14,15). The highest BCUT2D eigenvalue weighted by molar-refractivity contribution is 5.87. The normalized spacial score (nSPS) is 23.4. The molecule has 1 aliphatic heterocycles. The van der Waals surface area contributed by atoms with E-state index in [-0.39, 0.29) is 18.9 Å². The van der Waals surface area contributed by atoms with Crippen LogP contribution < -0.4 is 16.8 Å². The Hall–Kier alpha value is -1.87. The molecule has 1 saturated heterocycles. The molecule has 0 aromatic rings. The minimum Gasteiger partial charge on any atom is -0.480 e. The molecule has 0 radical (unpaired) electrons. The van der Waals surface area contributed by atoms with Gasteiger partial charge in [-0.05, 0) is 12.8 Å². The average molecular weight is 287 g/mol. The molecular formula is C11H21N5O4. The molecule has 114 valence electrons. The van der Waals surface area contributed by atoms with Crippen LogP contribution in [-0.4, -0.2) is 64.2 Å². The molecule has 20 heavy (non-hydrogen) atoms. The first kappa shape index (κ1) is 16.2. The van der Waals surface area contributed by atoms with Gasteiger partial charge in [-0.15, -0.1) is 0 Å². The number of nitrogens with zero attached hydrogens (tertiary/aromatic N) is 1. The Kier molecular flexibility index (Phi) is 5.71. The van der Waals surface area contributed by atoms with Gasteiger partial charge in [-0.1, -0.05) is 0 Å². The minimum absolute atomic E-state index is 0.00477. The van der Waals surface area contributed by atoms with Crippen molar-refractivity contribution < 1.29 is 19.8 Å². The number of rotatable bonds is 6. The van der Waals surface area contributed by atoms with Crippen molar-refractivity contribution in [2.24, 2.45) is 11.5 Å². The van der Waals surface area contributed by atoms with E-state index in [4.69, 9.17) is 22.0 Å². The molecule has 1 heterocycles. The van der Waals surface area contributed by atoms with Crippen LogP contribution in [0.25, 0.3) is 0 Å². The van der Waals surface area contributed by atoms with E-state index in [2.05, 4.69) is 5.32 Å². The van der Waals surface area contributed by atoms with Crippen molar-refractivity contribution >= 4 is 17.8 Å². The number of guanidine groups is 1. The number of hydrogen-bond acceptors (Lipinski definition) is 5. The second kappa shape index (κ2) is 7.06. The van der Waals surface area contributed by atoms with Crippen LogP contribution >= 0.6 is 0 Å². The highest BCUT2D eigenvalue weighted by Crippen LogP contribution is 2.19. The predicted molar refractivity (Wildman–Crippen MR) is 70.9 cm³/mol. The third-order valence-electron chi connectivity index (χ3n) is 3.17. The monoisotopic (exact) mass is 287 g/mol. The fraction of sp³-hybridized carbons (Fsp3) is 0.727. The van der Waals surface area contributed by atoms with Gasteiger partial charge in [0.2, 0.25) is 5.91 Å². The Balaban J connectivity index is 2.47. The van der Waals surface area contributed by atoms with E-state index >= 15 is 0 Å². The molecule has 0 aromatic heterocycles. The smallest absolute Gasteiger partial charge is 0.326 e. The minimum atomic E-state index is -1.14. The molecule has 1 fully saturated rings. The molecule has 0 saturated carbocycles. The average Bonchev–Trinajstić information content (AvgIpc) is 2.75. The van der Waals surface area contributed by atoms with Gasteiger partial charge < -0.3 is 31.9 Å². The van der Waals surface area contributed by atoms with Crippen LogP contribution in [0.15, 0.2) is 0 Å². The summed E-state index contributed by atoms with van der Waals surface area (Å²) in [4.78, 5) is 24.2. The number of carboxylic acid groups (broad SMARTS) is 1. The fourth-order valence-electron chi connectivity index (χ4n) is 2.17. The maximum absolute atomic E-state index is 12.1. The zero-order chi connectivity index (χ0) is 15.3. The molecule has 0 spiro atoms. The molecule has 9 heteroatoms. The van der Waals surface area contributed by atoms with Crippen LogP contribution in [0.2, 0.25) is 0 Å². The molecule has 1 rings (SSSR count). The summed E-state index contributed by atoms with van der Waals surface area (Å²) in [7, 11) is 0. The van der Waals surface area contributed by atoms with Gasteiger partial charge >= 0.3 is 5.97 Å². The predicted octanol–water partition coefficient (Wildman–Crippen LogP) is -2.38. The SMILES string of the molecule is N=C(N)NCCCC(N)C(=O)N1CC(O)CC1C(=O)O. The van der Waals surface area contributed by atoms with Gasteiger partial charge in [0.05, 0.1) is 12.1 Å². The molecule has 1 amide bonds. The Morgan fingerprint density at radius 1 is 1.50 bits per heavy atom. The summed E-state index contributed by atoms with van der Waals surface area (Å²) < 4.78 is 0. The van der Waals surface area contributed by atoms with Crippen LogP contribution in [0.5, 0.6) is 0 Å². The van der Waals surface area contributed by atoms with Crippen molar-refractivity contribution in [2.45, 2.75) is 37.5 Å². The maximum Gasteiger partial charge on any atom is 0.326 e. The number of nitrogens with two attached hydrogens (primary N) is 2. The van der Waals surface area contributed by atoms with Crippen molar-refractivity contribution in [1.82, 2.24) is 10.2 Å². The van der Waals surface area contributed by atoms with Gasteiger partial charge in [-0.2, -0.15) is 0 Å². The first-order chi connectivity index (χ1) is 9.32. The molecule has 0 bridgehead atoms. The number of aliphatic hydroxyl groups excluding tert-OH is 1. The first-order valence-electron chi connectivity index (χ1n) is 6.37. The molecule has 0 aliphatic carbocycles. The summed E-state index contributed by atoms with van der Waals surface area (Å²) in [5.74, 6) is -1.77. The van der Waals surface area contributed by atoms with E-state index < -0.39 is 30.1 Å². The molecule has 0 aromatic carbocycles. The van der Waals surface area contributed by atoms with E-state index in [0.717, 1.165) is 4.90 Å². The van der Waals surface area contributed by atoms with Crippen molar-refractivity contribution in [1.29, 1.82) is 5.41 Å².